The minimum Gasteiger partial charge on any atom is -0.223 e. The Balaban J connectivity index is 2.94. The Hall–Kier alpha value is -1.15. The molecule has 0 aliphatic heterocycles. The van der Waals surface area contributed by atoms with Crippen LogP contribution in [-0.4, -0.2) is 9.97 Å². The number of fused-ring (bicyclic) bond motifs is 1. The number of aryl methyl sites for hydroxylation is 2. The van der Waals surface area contributed by atoms with Gasteiger partial charge in [0.2, 0.25) is 5.28 Å². The van der Waals surface area contributed by atoms with Crippen LogP contribution in [0.4, 0.5) is 0 Å². The van der Waals surface area contributed by atoms with Crippen molar-refractivity contribution in [2.45, 2.75) is 13.8 Å². The average Bonchev–Trinajstić information content (AvgIpc) is 2.07. The second-order valence-corrected chi connectivity index (χ2v) is 3.39. The summed E-state index contributed by atoms with van der Waals surface area (Å²) in [5, 5.41) is 1.39. The van der Waals surface area contributed by atoms with Crippen molar-refractivity contribution in [2.24, 2.45) is 0 Å². The van der Waals surface area contributed by atoms with Crippen LogP contribution >= 0.6 is 11.6 Å². The molecule has 13 heavy (non-hydrogen) atoms. The highest BCUT2D eigenvalue weighted by Gasteiger charge is 2.03. The molecule has 0 atom stereocenters. The molecule has 1 heterocycles. The Morgan fingerprint density at radius 3 is 2.69 bits per heavy atom. The smallest absolute Gasteiger partial charge is 0.223 e. The predicted octanol–water partition coefficient (Wildman–Crippen LogP) is 2.90. The van der Waals surface area contributed by atoms with E-state index in [1.54, 1.807) is 0 Å². The summed E-state index contributed by atoms with van der Waals surface area (Å²) in [5.74, 6) is 0. The number of benzene rings is 1. The molecule has 0 amide bonds. The van der Waals surface area contributed by atoms with E-state index < -0.39 is 0 Å². The van der Waals surface area contributed by atoms with E-state index in [1.807, 2.05) is 32.0 Å². The number of halogens is 1. The fraction of sp³-hybridized carbons (Fsp3) is 0.200. The zero-order valence-corrected chi connectivity index (χ0v) is 8.26. The van der Waals surface area contributed by atoms with E-state index in [-0.39, 0.29) is 0 Å². The lowest BCUT2D eigenvalue weighted by Gasteiger charge is -2.03. The molecular formula is C10H9ClN2. The molecule has 2 aromatic rings. The maximum absolute atomic E-state index is 5.77. The SMILES string of the molecule is Cc1nc(Cl)nc2c(C)cccc12. The third-order valence-corrected chi connectivity index (χ3v) is 2.26. The maximum atomic E-state index is 5.77. The van der Waals surface area contributed by atoms with Gasteiger partial charge < -0.3 is 0 Å². The van der Waals surface area contributed by atoms with Crippen LogP contribution in [-0.2, 0) is 0 Å². The van der Waals surface area contributed by atoms with E-state index in [0.29, 0.717) is 5.28 Å². The summed E-state index contributed by atoms with van der Waals surface area (Å²) >= 11 is 5.77. The summed E-state index contributed by atoms with van der Waals surface area (Å²) in [6, 6.07) is 6.03. The fourth-order valence-electron chi connectivity index (χ4n) is 1.42. The summed E-state index contributed by atoms with van der Waals surface area (Å²) < 4.78 is 0. The monoisotopic (exact) mass is 192 g/mol. The molecule has 0 bridgehead atoms. The molecule has 0 N–H and O–H groups in total. The Labute approximate surface area is 81.6 Å². The van der Waals surface area contributed by atoms with Crippen LogP contribution in [0.2, 0.25) is 5.28 Å². The van der Waals surface area contributed by atoms with Crippen molar-refractivity contribution in [3.63, 3.8) is 0 Å². The lowest BCUT2D eigenvalue weighted by Crippen LogP contribution is -1.91. The van der Waals surface area contributed by atoms with E-state index in [1.165, 1.54) is 0 Å². The van der Waals surface area contributed by atoms with Gasteiger partial charge in [0, 0.05) is 5.39 Å². The molecule has 0 saturated carbocycles. The van der Waals surface area contributed by atoms with Gasteiger partial charge in [0.05, 0.1) is 11.2 Å². The van der Waals surface area contributed by atoms with Gasteiger partial charge >= 0.3 is 0 Å². The van der Waals surface area contributed by atoms with Gasteiger partial charge in [0.1, 0.15) is 0 Å². The van der Waals surface area contributed by atoms with Crippen LogP contribution < -0.4 is 0 Å². The van der Waals surface area contributed by atoms with Crippen LogP contribution in [0.3, 0.4) is 0 Å². The Morgan fingerprint density at radius 2 is 1.92 bits per heavy atom. The van der Waals surface area contributed by atoms with Crippen molar-refractivity contribution in [3.8, 4) is 0 Å². The first kappa shape index (κ1) is 8.45. The predicted molar refractivity (Wildman–Crippen MR) is 54.0 cm³/mol. The van der Waals surface area contributed by atoms with Gasteiger partial charge in [-0.1, -0.05) is 18.2 Å². The third-order valence-electron chi connectivity index (χ3n) is 2.09. The van der Waals surface area contributed by atoms with Gasteiger partial charge in [0.25, 0.3) is 0 Å². The molecule has 0 radical (unpaired) electrons. The molecule has 0 fully saturated rings. The van der Waals surface area contributed by atoms with Gasteiger partial charge in [-0.05, 0) is 31.0 Å². The number of hydrogen-bond donors (Lipinski definition) is 0. The molecule has 0 unspecified atom stereocenters. The number of hydrogen-bond acceptors (Lipinski definition) is 2. The molecule has 66 valence electrons. The van der Waals surface area contributed by atoms with E-state index in [4.69, 9.17) is 11.6 Å². The van der Waals surface area contributed by atoms with Crippen molar-refractivity contribution in [1.82, 2.24) is 9.97 Å². The van der Waals surface area contributed by atoms with Crippen molar-refractivity contribution >= 4 is 22.5 Å². The van der Waals surface area contributed by atoms with E-state index >= 15 is 0 Å². The van der Waals surface area contributed by atoms with Gasteiger partial charge in [-0.25, -0.2) is 9.97 Å². The number of aromatic nitrogens is 2. The second-order valence-electron chi connectivity index (χ2n) is 3.05. The molecule has 1 aromatic carbocycles. The standard InChI is InChI=1S/C10H9ClN2/c1-6-4-3-5-8-7(2)12-10(11)13-9(6)8/h3-5H,1-2H3. The summed E-state index contributed by atoms with van der Waals surface area (Å²) in [4.78, 5) is 8.29. The topological polar surface area (TPSA) is 25.8 Å². The van der Waals surface area contributed by atoms with Crippen molar-refractivity contribution in [3.05, 3.63) is 34.7 Å². The first-order valence-corrected chi connectivity index (χ1v) is 4.46. The van der Waals surface area contributed by atoms with Crippen LogP contribution in [0.1, 0.15) is 11.3 Å². The summed E-state index contributed by atoms with van der Waals surface area (Å²) in [7, 11) is 0. The lowest BCUT2D eigenvalue weighted by molar-refractivity contribution is 1.15. The van der Waals surface area contributed by atoms with Crippen molar-refractivity contribution in [1.29, 1.82) is 0 Å². The Kier molecular flexibility index (Phi) is 1.93. The fourth-order valence-corrected chi connectivity index (χ4v) is 1.63. The molecule has 1 aromatic heterocycles. The maximum Gasteiger partial charge on any atom is 0.223 e. The molecule has 0 spiro atoms. The highest BCUT2D eigenvalue weighted by molar-refractivity contribution is 6.28. The van der Waals surface area contributed by atoms with E-state index in [0.717, 1.165) is 22.2 Å². The number of para-hydroxylation sites is 1. The Morgan fingerprint density at radius 1 is 1.15 bits per heavy atom. The van der Waals surface area contributed by atoms with Crippen molar-refractivity contribution in [2.75, 3.05) is 0 Å². The first-order chi connectivity index (χ1) is 6.18. The van der Waals surface area contributed by atoms with Gasteiger partial charge in [-0.2, -0.15) is 0 Å². The number of nitrogens with zero attached hydrogens (tertiary/aromatic N) is 2. The van der Waals surface area contributed by atoms with Crippen molar-refractivity contribution < 1.29 is 0 Å². The molecule has 2 nitrogen and oxygen atoms in total. The zero-order chi connectivity index (χ0) is 9.42. The minimum atomic E-state index is 0.319. The summed E-state index contributed by atoms with van der Waals surface area (Å²) in [6.45, 7) is 3.96. The molecule has 0 aliphatic carbocycles. The first-order valence-electron chi connectivity index (χ1n) is 4.08. The van der Waals surface area contributed by atoms with Crippen LogP contribution in [0.25, 0.3) is 10.9 Å². The molecule has 0 aliphatic rings. The quantitative estimate of drug-likeness (QED) is 0.600. The summed E-state index contributed by atoms with van der Waals surface area (Å²) in [6.07, 6.45) is 0. The number of rotatable bonds is 0. The van der Waals surface area contributed by atoms with Gasteiger partial charge in [-0.15, -0.1) is 0 Å². The van der Waals surface area contributed by atoms with E-state index in [9.17, 15) is 0 Å². The highest BCUT2D eigenvalue weighted by atomic mass is 35.5. The van der Waals surface area contributed by atoms with Crippen LogP contribution in [0.5, 0.6) is 0 Å². The zero-order valence-electron chi connectivity index (χ0n) is 7.50. The molecule has 2 rings (SSSR count). The minimum absolute atomic E-state index is 0.319. The Bertz CT molecular complexity index is 466. The lowest BCUT2D eigenvalue weighted by atomic mass is 10.1. The third kappa shape index (κ3) is 1.38. The van der Waals surface area contributed by atoms with Gasteiger partial charge in [0.15, 0.2) is 0 Å². The second kappa shape index (κ2) is 2.96. The van der Waals surface area contributed by atoms with Crippen LogP contribution in [0, 0.1) is 13.8 Å². The average molecular weight is 193 g/mol. The summed E-state index contributed by atoms with van der Waals surface area (Å²) in [5.41, 5.74) is 3.00. The van der Waals surface area contributed by atoms with Gasteiger partial charge in [-0.3, -0.25) is 0 Å². The van der Waals surface area contributed by atoms with Crippen LogP contribution in [0.15, 0.2) is 18.2 Å². The normalized spacial score (nSPS) is 10.7. The van der Waals surface area contributed by atoms with E-state index in [2.05, 4.69) is 9.97 Å². The molecule has 3 heteroatoms. The largest absolute Gasteiger partial charge is 0.223 e. The molecule has 0 saturated heterocycles. The molecular weight excluding hydrogens is 184 g/mol. The highest BCUT2D eigenvalue weighted by Crippen LogP contribution is 2.19.